The fourth-order valence-electron chi connectivity index (χ4n) is 18.5. The molecule has 0 fully saturated rings. The summed E-state index contributed by atoms with van der Waals surface area (Å²) in [5.41, 5.74) is 20.8. The molecule has 2 nitrogen and oxygen atoms in total. The van der Waals surface area contributed by atoms with Crippen molar-refractivity contribution in [3.8, 4) is 77.9 Å². The van der Waals surface area contributed by atoms with E-state index >= 15 is 0 Å². The first-order valence-electron chi connectivity index (χ1n) is 40.6. The molecule has 0 aliphatic rings. The summed E-state index contributed by atoms with van der Waals surface area (Å²) in [4.78, 5) is 0. The van der Waals surface area contributed by atoms with E-state index in [2.05, 4.69) is 413 Å². The lowest BCUT2D eigenvalue weighted by molar-refractivity contribution is 0.668. The Morgan fingerprint density at radius 2 is 0.407 bits per heavy atom. The summed E-state index contributed by atoms with van der Waals surface area (Å²) in [5, 5.41) is 32.9. The van der Waals surface area contributed by atoms with E-state index in [0.717, 1.165) is 43.9 Å². The SMILES string of the molecule is c1cc(-c2ccc3c(ccc4cc(-c5cccc(-c6ccc7oc8ccccc8c7c6)c5)c5ccccc5c43)c2)cc(-c2ccc3oc4ccccc4c3c2)c1.c1ccc(-c2ccc3ccc(-c4ccc5ccc6ccc7ccccc7c6c5c4)cc3c2)cc1.c1ccc2cc(-c3ccc4ccc5ccc6ccccc6c5c4c3)ccc2c1. The first-order valence-corrected chi connectivity index (χ1v) is 40.6. The molecule has 0 radical (unpaired) electrons. The maximum atomic E-state index is 6.12. The molecule has 2 heterocycles. The zero-order valence-electron chi connectivity index (χ0n) is 64.4. The molecule has 0 aliphatic heterocycles. The van der Waals surface area contributed by atoms with Crippen molar-refractivity contribution in [2.45, 2.75) is 0 Å². The molecule has 25 aromatic rings. The van der Waals surface area contributed by atoms with Gasteiger partial charge in [0.2, 0.25) is 0 Å². The summed E-state index contributed by atoms with van der Waals surface area (Å²) in [6, 6.07) is 158. The zero-order valence-corrected chi connectivity index (χ0v) is 64.4. The fourth-order valence-corrected chi connectivity index (χ4v) is 18.5. The molecule has 2 heteroatoms. The molecule has 0 spiro atoms. The average Bonchev–Trinajstić information content (AvgIpc) is 1.09. The Bertz CT molecular complexity index is 8370. The van der Waals surface area contributed by atoms with E-state index in [0.29, 0.717) is 0 Å². The number of benzene rings is 23. The molecule has 0 saturated carbocycles. The fraction of sp³-hybridized carbons (Fsp3) is 0. The largest absolute Gasteiger partial charge is 0.456 e. The molecule has 0 unspecified atom stereocenters. The van der Waals surface area contributed by atoms with Gasteiger partial charge in [-0.15, -0.1) is 0 Å². The van der Waals surface area contributed by atoms with Crippen molar-refractivity contribution in [3.05, 3.63) is 437 Å². The summed E-state index contributed by atoms with van der Waals surface area (Å²) in [6.45, 7) is 0. The molecule has 23 aromatic carbocycles. The standard InChI is InChI=1S/C54H32O2.C34H22.C28H18/c1-2-16-46-43(13-1)47(39-12-8-11-35(28-39)38-23-26-53-49(31-38)45-15-4-6-18-51(45)56-53)32-41-20-19-40-29-36(21-24-42(40)54(41)46)33-9-7-10-34(27-33)37-22-25-52-48(30-37)44-14-3-5-17-50(44)55-52;1-2-6-23(7-3-1)28-17-10-24-11-18-29(21-31(24)20-28)30-19-14-26-13-16-27-15-12-25-8-4-5-9-32(25)34(27)33(26)22-30;1-2-7-23-17-24(15-9-19(23)5-1)25-16-12-21-11-14-22-13-10-20-6-3-4-8-26(20)28(22)27(21)18-25/h1-32H;1-22H;1-18H. The van der Waals surface area contributed by atoms with Crippen LogP contribution in [0.15, 0.2) is 446 Å². The molecule has 118 heavy (non-hydrogen) atoms. The summed E-state index contributed by atoms with van der Waals surface area (Å²) in [6.07, 6.45) is 0. The second-order valence-electron chi connectivity index (χ2n) is 31.3. The highest BCUT2D eigenvalue weighted by Crippen LogP contribution is 2.44. The first-order chi connectivity index (χ1) is 58.4. The van der Waals surface area contributed by atoms with Crippen LogP contribution in [0.25, 0.3) is 240 Å². The second kappa shape index (κ2) is 28.3. The van der Waals surface area contributed by atoms with Crippen LogP contribution in [0, 0.1) is 0 Å². The number of fused-ring (bicyclic) bond motifs is 23. The number of para-hydroxylation sites is 2. The Hall–Kier alpha value is -15.5. The van der Waals surface area contributed by atoms with Crippen LogP contribution in [0.5, 0.6) is 0 Å². The van der Waals surface area contributed by atoms with Crippen molar-refractivity contribution in [2.75, 3.05) is 0 Å². The van der Waals surface area contributed by atoms with Crippen molar-refractivity contribution < 1.29 is 8.83 Å². The summed E-state index contributed by atoms with van der Waals surface area (Å²) < 4.78 is 12.2. The van der Waals surface area contributed by atoms with Crippen LogP contribution in [0.3, 0.4) is 0 Å². The molecule has 0 amide bonds. The Balaban J connectivity index is 0.000000112. The number of hydrogen-bond acceptors (Lipinski definition) is 2. The number of hydrogen-bond donors (Lipinski definition) is 0. The first kappa shape index (κ1) is 68.1. The van der Waals surface area contributed by atoms with Crippen LogP contribution in [-0.2, 0) is 0 Å². The van der Waals surface area contributed by atoms with Crippen LogP contribution < -0.4 is 0 Å². The quantitative estimate of drug-likeness (QED) is 0.149. The lowest BCUT2D eigenvalue weighted by atomic mass is 9.89. The molecule has 25 rings (SSSR count). The number of furan rings is 2. The van der Waals surface area contributed by atoms with Crippen LogP contribution in [0.1, 0.15) is 0 Å². The van der Waals surface area contributed by atoms with Gasteiger partial charge in [0, 0.05) is 21.5 Å². The summed E-state index contributed by atoms with van der Waals surface area (Å²) in [5.74, 6) is 0. The zero-order chi connectivity index (χ0) is 77.7. The predicted octanol–water partition coefficient (Wildman–Crippen LogP) is 33.2. The third-order valence-corrected chi connectivity index (χ3v) is 24.4. The van der Waals surface area contributed by atoms with Crippen molar-refractivity contribution in [1.29, 1.82) is 0 Å². The molecule has 0 bridgehead atoms. The Morgan fingerprint density at radius 3 is 0.949 bits per heavy atom. The number of rotatable bonds is 7. The van der Waals surface area contributed by atoms with Gasteiger partial charge in [0.15, 0.2) is 0 Å². The van der Waals surface area contributed by atoms with Crippen molar-refractivity contribution in [1.82, 2.24) is 0 Å². The average molecular weight is 1500 g/mol. The molecule has 548 valence electrons. The van der Waals surface area contributed by atoms with Crippen molar-refractivity contribution >= 4 is 162 Å². The van der Waals surface area contributed by atoms with E-state index in [1.54, 1.807) is 0 Å². The van der Waals surface area contributed by atoms with Gasteiger partial charge in [0.05, 0.1) is 0 Å². The predicted molar refractivity (Wildman–Crippen MR) is 505 cm³/mol. The third kappa shape index (κ3) is 12.0. The van der Waals surface area contributed by atoms with E-state index in [1.807, 2.05) is 24.3 Å². The van der Waals surface area contributed by atoms with E-state index in [1.165, 1.54) is 196 Å². The molecule has 0 aliphatic carbocycles. The highest BCUT2D eigenvalue weighted by atomic mass is 16.3. The summed E-state index contributed by atoms with van der Waals surface area (Å²) in [7, 11) is 0. The smallest absolute Gasteiger partial charge is 0.135 e. The highest BCUT2D eigenvalue weighted by Gasteiger charge is 2.18. The molecule has 0 atom stereocenters. The van der Waals surface area contributed by atoms with Crippen LogP contribution in [-0.4, -0.2) is 0 Å². The maximum absolute atomic E-state index is 6.12. The van der Waals surface area contributed by atoms with Gasteiger partial charge in [-0.05, 0) is 287 Å². The van der Waals surface area contributed by atoms with Gasteiger partial charge in [-0.3, -0.25) is 0 Å². The summed E-state index contributed by atoms with van der Waals surface area (Å²) >= 11 is 0. The van der Waals surface area contributed by atoms with E-state index in [4.69, 9.17) is 8.83 Å². The Kier molecular flexibility index (Phi) is 16.3. The minimum absolute atomic E-state index is 0.914. The topological polar surface area (TPSA) is 26.3 Å². The van der Waals surface area contributed by atoms with Gasteiger partial charge in [0.1, 0.15) is 22.3 Å². The highest BCUT2D eigenvalue weighted by molar-refractivity contribution is 6.25. The van der Waals surface area contributed by atoms with Gasteiger partial charge < -0.3 is 8.83 Å². The van der Waals surface area contributed by atoms with Gasteiger partial charge in [-0.25, -0.2) is 0 Å². The van der Waals surface area contributed by atoms with Crippen molar-refractivity contribution in [3.63, 3.8) is 0 Å². The van der Waals surface area contributed by atoms with Gasteiger partial charge >= 0.3 is 0 Å². The second-order valence-corrected chi connectivity index (χ2v) is 31.3. The molecule has 2 aromatic heterocycles. The molecular weight excluding hydrogens is 1430 g/mol. The maximum Gasteiger partial charge on any atom is 0.135 e. The lowest BCUT2D eigenvalue weighted by Gasteiger charge is -2.15. The lowest BCUT2D eigenvalue weighted by Crippen LogP contribution is -1.88. The molecule has 0 saturated heterocycles. The monoisotopic (exact) mass is 1500 g/mol. The van der Waals surface area contributed by atoms with Crippen LogP contribution >= 0.6 is 0 Å². The van der Waals surface area contributed by atoms with Crippen molar-refractivity contribution in [2.24, 2.45) is 0 Å². The van der Waals surface area contributed by atoms with Crippen LogP contribution in [0.2, 0.25) is 0 Å². The minimum atomic E-state index is 0.914. The molecular formula is C116H72O2. The van der Waals surface area contributed by atoms with Crippen LogP contribution in [0.4, 0.5) is 0 Å². The van der Waals surface area contributed by atoms with E-state index in [9.17, 15) is 0 Å². The molecule has 0 N–H and O–H groups in total. The van der Waals surface area contributed by atoms with E-state index in [-0.39, 0.29) is 0 Å². The van der Waals surface area contributed by atoms with E-state index < -0.39 is 0 Å². The van der Waals surface area contributed by atoms with Gasteiger partial charge in [0.25, 0.3) is 0 Å². The normalized spacial score (nSPS) is 11.7. The van der Waals surface area contributed by atoms with Gasteiger partial charge in [-0.1, -0.05) is 346 Å². The van der Waals surface area contributed by atoms with Gasteiger partial charge in [-0.2, -0.15) is 0 Å². The third-order valence-electron chi connectivity index (χ3n) is 24.4. The Morgan fingerprint density at radius 1 is 0.110 bits per heavy atom. The minimum Gasteiger partial charge on any atom is -0.456 e. The Labute approximate surface area is 681 Å².